The second kappa shape index (κ2) is 22.6. The molecule has 0 saturated carbocycles. The fourth-order valence-corrected chi connectivity index (χ4v) is 5.88. The number of halogens is 1. The van der Waals surface area contributed by atoms with Crippen LogP contribution in [0.4, 0.5) is 27.9 Å². The van der Waals surface area contributed by atoms with Crippen LogP contribution in [0.5, 0.6) is 0 Å². The SMILES string of the molecule is CCNc1nc(Nc2cc(C#N)cc(N3CC[C@@H](N(CCOCCOCCOCCOCCOCCOC)C(=O)O)[C@H](O)C3)c2Cl)nn2c(C#N)cnc12. The summed E-state index contributed by atoms with van der Waals surface area (Å²) in [5.41, 5.74) is 1.64. The highest BCUT2D eigenvalue weighted by Gasteiger charge is 2.35. The van der Waals surface area contributed by atoms with Crippen LogP contribution in [-0.4, -0.2) is 159 Å². The zero-order valence-electron chi connectivity index (χ0n) is 30.4. The van der Waals surface area contributed by atoms with Crippen LogP contribution in [0.15, 0.2) is 18.3 Å². The van der Waals surface area contributed by atoms with Crippen molar-refractivity contribution >= 4 is 46.5 Å². The van der Waals surface area contributed by atoms with E-state index in [1.165, 1.54) is 15.6 Å². The number of aliphatic hydroxyl groups is 1. The number of nitrogens with one attached hydrogen (secondary N) is 2. The van der Waals surface area contributed by atoms with Crippen molar-refractivity contribution in [1.82, 2.24) is 24.5 Å². The van der Waals surface area contributed by atoms with E-state index in [4.69, 9.17) is 40.0 Å². The number of imidazole rings is 1. The van der Waals surface area contributed by atoms with Gasteiger partial charge in [-0.2, -0.15) is 20.0 Å². The first-order valence-electron chi connectivity index (χ1n) is 17.5. The molecule has 0 radical (unpaired) electrons. The van der Waals surface area contributed by atoms with Gasteiger partial charge in [-0.05, 0) is 25.5 Å². The lowest BCUT2D eigenvalue weighted by atomic mass is 9.99. The number of carboxylic acid groups (broad SMARTS) is 1. The Morgan fingerprint density at radius 1 is 1.00 bits per heavy atom. The molecule has 0 bridgehead atoms. The van der Waals surface area contributed by atoms with Crippen molar-refractivity contribution in [3.05, 3.63) is 34.6 Å². The zero-order chi connectivity index (χ0) is 38.7. The Bertz CT molecular complexity index is 1720. The van der Waals surface area contributed by atoms with Crippen molar-refractivity contribution in [2.24, 2.45) is 0 Å². The van der Waals surface area contributed by atoms with Crippen LogP contribution in [0.1, 0.15) is 24.6 Å². The Kier molecular flexibility index (Phi) is 17.7. The number of methoxy groups -OCH3 is 1. The third-order valence-electron chi connectivity index (χ3n) is 8.18. The average molecular weight is 775 g/mol. The summed E-state index contributed by atoms with van der Waals surface area (Å²) in [5, 5.41) is 51.3. The third-order valence-corrected chi connectivity index (χ3v) is 8.58. The first-order chi connectivity index (χ1) is 26.3. The minimum Gasteiger partial charge on any atom is -0.465 e. The fourth-order valence-electron chi connectivity index (χ4n) is 5.60. The van der Waals surface area contributed by atoms with Crippen molar-refractivity contribution in [3.8, 4) is 12.1 Å². The van der Waals surface area contributed by atoms with Gasteiger partial charge in [-0.1, -0.05) is 11.6 Å². The first kappa shape index (κ1) is 42.2. The Balaban J connectivity index is 1.23. The van der Waals surface area contributed by atoms with Gasteiger partial charge in [-0.25, -0.2) is 9.78 Å². The molecule has 54 heavy (non-hydrogen) atoms. The Labute approximate surface area is 318 Å². The topological polar surface area (TPSA) is 234 Å². The molecule has 19 nitrogen and oxygen atoms in total. The van der Waals surface area contributed by atoms with Crippen LogP contribution >= 0.6 is 11.6 Å². The minimum absolute atomic E-state index is 0.0555. The molecule has 1 aliphatic rings. The second-order valence-electron chi connectivity index (χ2n) is 11.8. The van der Waals surface area contributed by atoms with Crippen molar-refractivity contribution in [3.63, 3.8) is 0 Å². The summed E-state index contributed by atoms with van der Waals surface area (Å²) < 4.78 is 33.5. The number of fused-ring (bicyclic) bond motifs is 1. The number of benzene rings is 1. The number of nitrogens with zero attached hydrogens (tertiary/aromatic N) is 8. The van der Waals surface area contributed by atoms with Gasteiger partial charge in [-0.15, -0.1) is 5.10 Å². The highest BCUT2D eigenvalue weighted by Crippen LogP contribution is 2.37. The molecule has 3 aromatic rings. The fraction of sp³-hybridized carbons (Fsp3) is 0.588. The van der Waals surface area contributed by atoms with Gasteiger partial charge in [0.2, 0.25) is 5.95 Å². The van der Waals surface area contributed by atoms with E-state index >= 15 is 0 Å². The van der Waals surface area contributed by atoms with E-state index < -0.39 is 18.2 Å². The van der Waals surface area contributed by atoms with E-state index in [-0.39, 0.29) is 48.5 Å². The molecular weight excluding hydrogens is 728 g/mol. The number of amides is 1. The maximum absolute atomic E-state index is 12.2. The van der Waals surface area contributed by atoms with Gasteiger partial charge in [0, 0.05) is 33.3 Å². The number of anilines is 4. The smallest absolute Gasteiger partial charge is 0.407 e. The molecule has 0 spiro atoms. The van der Waals surface area contributed by atoms with Gasteiger partial charge in [0.25, 0.3) is 0 Å². The number of hydrogen-bond acceptors (Lipinski definition) is 16. The third kappa shape index (κ3) is 12.2. The van der Waals surface area contributed by atoms with Crippen LogP contribution in [0.25, 0.3) is 5.65 Å². The van der Waals surface area contributed by atoms with Gasteiger partial charge >= 0.3 is 6.09 Å². The Morgan fingerprint density at radius 3 is 2.19 bits per heavy atom. The Hall–Kier alpha value is -4.57. The van der Waals surface area contributed by atoms with Crippen LogP contribution in [0, 0.1) is 22.7 Å². The maximum atomic E-state index is 12.2. The molecular formula is C34H47ClN10O9. The summed E-state index contributed by atoms with van der Waals surface area (Å²) in [6.07, 6.45) is -0.546. The van der Waals surface area contributed by atoms with E-state index in [2.05, 4.69) is 31.8 Å². The van der Waals surface area contributed by atoms with E-state index in [0.29, 0.717) is 102 Å². The van der Waals surface area contributed by atoms with Crippen LogP contribution in [0.2, 0.25) is 5.02 Å². The second-order valence-corrected chi connectivity index (χ2v) is 12.2. The molecule has 1 amide bonds. The lowest BCUT2D eigenvalue weighted by Crippen LogP contribution is -2.56. The molecule has 2 atom stereocenters. The molecule has 4 N–H and O–H groups in total. The first-order valence-corrected chi connectivity index (χ1v) is 17.9. The van der Waals surface area contributed by atoms with Crippen molar-refractivity contribution in [1.29, 1.82) is 10.5 Å². The number of β-amino-alcohol motifs (C(OH)–C–C–N with tert-alkyl or cyclic N) is 1. The number of nitriles is 2. The monoisotopic (exact) mass is 774 g/mol. The number of carbonyl (C=O) groups is 1. The summed E-state index contributed by atoms with van der Waals surface area (Å²) in [6.45, 7) is 7.33. The number of rotatable bonds is 24. The van der Waals surface area contributed by atoms with Crippen LogP contribution in [-0.2, 0) is 28.4 Å². The van der Waals surface area contributed by atoms with Crippen molar-refractivity contribution in [2.75, 3.05) is 121 Å². The number of piperidine rings is 1. The normalized spacial score (nSPS) is 15.6. The van der Waals surface area contributed by atoms with E-state index in [1.54, 1.807) is 24.1 Å². The summed E-state index contributed by atoms with van der Waals surface area (Å²) >= 11 is 6.87. The number of hydrogen-bond donors (Lipinski definition) is 4. The molecule has 294 valence electrons. The number of aliphatic hydroxyl groups excluding tert-OH is 1. The molecule has 3 heterocycles. The molecule has 1 fully saturated rings. The largest absolute Gasteiger partial charge is 0.465 e. The lowest BCUT2D eigenvalue weighted by Gasteiger charge is -2.41. The predicted octanol–water partition coefficient (Wildman–Crippen LogP) is 2.35. The maximum Gasteiger partial charge on any atom is 0.407 e. The van der Waals surface area contributed by atoms with Gasteiger partial charge in [0.1, 0.15) is 6.07 Å². The molecule has 1 aromatic carbocycles. The predicted molar refractivity (Wildman–Crippen MR) is 196 cm³/mol. The molecule has 0 aliphatic carbocycles. The summed E-state index contributed by atoms with van der Waals surface area (Å²) in [6, 6.07) is 6.63. The van der Waals surface area contributed by atoms with E-state index in [9.17, 15) is 25.5 Å². The summed E-state index contributed by atoms with van der Waals surface area (Å²) in [7, 11) is 1.62. The molecule has 2 aromatic heterocycles. The van der Waals surface area contributed by atoms with Crippen LogP contribution < -0.4 is 15.5 Å². The van der Waals surface area contributed by atoms with Gasteiger partial charge in [0.05, 0.1) is 119 Å². The van der Waals surface area contributed by atoms with Gasteiger partial charge in [-0.3, -0.25) is 0 Å². The van der Waals surface area contributed by atoms with E-state index in [0.717, 1.165) is 0 Å². The standard InChI is InChI=1S/C34H47ClN10O9/c1-3-38-31-32-39-22-25(21-37)45(32)42-33(41-31)40-26-18-24(20-36)19-28(30(26)35)43-5-4-27(29(46)23-43)44(34(47)48)6-7-50-10-11-52-14-15-54-17-16-53-13-12-51-9-8-49-2/h18-19,22,27,29,46H,3-17,23H2,1-2H3,(H,47,48)(H2,38,40,41,42)/t27-,29-/m1/s1. The van der Waals surface area contributed by atoms with Crippen molar-refractivity contribution in [2.45, 2.75) is 25.5 Å². The highest BCUT2D eigenvalue weighted by atomic mass is 35.5. The highest BCUT2D eigenvalue weighted by molar-refractivity contribution is 6.36. The lowest BCUT2D eigenvalue weighted by molar-refractivity contribution is -0.0178. The van der Waals surface area contributed by atoms with E-state index in [1.807, 2.05) is 13.0 Å². The number of aromatic nitrogens is 4. The zero-order valence-corrected chi connectivity index (χ0v) is 31.2. The summed E-state index contributed by atoms with van der Waals surface area (Å²) in [4.78, 5) is 23.9. The molecule has 1 saturated heterocycles. The summed E-state index contributed by atoms with van der Waals surface area (Å²) in [5.74, 6) is 0.496. The Morgan fingerprint density at radius 2 is 1.63 bits per heavy atom. The molecule has 20 heteroatoms. The average Bonchev–Trinajstić information content (AvgIpc) is 3.59. The van der Waals surface area contributed by atoms with Gasteiger partial charge < -0.3 is 59.1 Å². The quantitative estimate of drug-likeness (QED) is 0.0956. The minimum atomic E-state index is -1.17. The van der Waals surface area contributed by atoms with Gasteiger partial charge in [0.15, 0.2) is 17.2 Å². The molecule has 1 aliphatic heterocycles. The molecule has 4 rings (SSSR count). The number of ether oxygens (including phenoxy) is 6. The van der Waals surface area contributed by atoms with Crippen LogP contribution in [0.3, 0.4) is 0 Å². The molecule has 0 unspecified atom stereocenters. The van der Waals surface area contributed by atoms with Crippen molar-refractivity contribution < 1.29 is 43.4 Å².